The second-order valence-corrected chi connectivity index (χ2v) is 24.7. The van der Waals surface area contributed by atoms with Crippen LogP contribution in [0, 0.1) is 6.92 Å². The van der Waals surface area contributed by atoms with Crippen molar-refractivity contribution >= 4 is 77.7 Å². The van der Waals surface area contributed by atoms with E-state index in [-0.39, 0.29) is 28.5 Å². The smallest absolute Gasteiger partial charge is 0.333 e. The third-order valence-corrected chi connectivity index (χ3v) is 17.4. The lowest BCUT2D eigenvalue weighted by molar-refractivity contribution is 0.332. The number of hydrogen-bond acceptors (Lipinski definition) is 3. The van der Waals surface area contributed by atoms with E-state index in [9.17, 15) is 0 Å². The van der Waals surface area contributed by atoms with E-state index in [0.29, 0.717) is 0 Å². The van der Waals surface area contributed by atoms with Gasteiger partial charge in [0.05, 0.1) is 16.1 Å². The van der Waals surface area contributed by atoms with Gasteiger partial charge < -0.3 is 9.71 Å². The highest BCUT2D eigenvalue weighted by Gasteiger charge is 2.48. The van der Waals surface area contributed by atoms with E-state index in [0.717, 1.165) is 12.8 Å². The van der Waals surface area contributed by atoms with Crippen molar-refractivity contribution in [3.8, 4) is 33.4 Å². The predicted molar refractivity (Wildman–Crippen MR) is 301 cm³/mol. The van der Waals surface area contributed by atoms with Gasteiger partial charge in [0, 0.05) is 43.7 Å². The molecule has 9 aromatic rings. The molecule has 0 amide bonds. The number of aryl methyl sites for hydroxylation is 1. The fraction of sp³-hybridized carbons (Fsp3) is 0.262. The lowest BCUT2D eigenvalue weighted by Gasteiger charge is -2.48. The molecule has 0 spiro atoms. The zero-order valence-electron chi connectivity index (χ0n) is 42.3. The third-order valence-electron chi connectivity index (χ3n) is 16.2. The lowest BCUT2D eigenvalue weighted by Crippen LogP contribution is -2.61. The first kappa shape index (κ1) is 43.9. The molecule has 1 aromatic heterocycles. The van der Waals surface area contributed by atoms with Gasteiger partial charge in [0.2, 0.25) is 0 Å². The van der Waals surface area contributed by atoms with Crippen LogP contribution in [0.2, 0.25) is 0 Å². The molecule has 3 heterocycles. The minimum absolute atomic E-state index is 0.0302. The second kappa shape index (κ2) is 15.3. The van der Waals surface area contributed by atoms with Gasteiger partial charge in [-0.05, 0) is 157 Å². The number of benzene rings is 8. The van der Waals surface area contributed by atoms with Crippen LogP contribution in [0.15, 0.2) is 158 Å². The Kier molecular flexibility index (Phi) is 9.75. The minimum atomic E-state index is -0.110. The van der Waals surface area contributed by atoms with Crippen LogP contribution in [0.5, 0.6) is 0 Å². The predicted octanol–water partition coefficient (Wildman–Crippen LogP) is 17.3. The van der Waals surface area contributed by atoms with Crippen LogP contribution >= 0.6 is 11.3 Å². The van der Waals surface area contributed by atoms with Crippen molar-refractivity contribution in [1.82, 2.24) is 0 Å². The van der Waals surface area contributed by atoms with Gasteiger partial charge in [-0.25, -0.2) is 0 Å². The summed E-state index contributed by atoms with van der Waals surface area (Å²) in [4.78, 5) is 5.45. The van der Waals surface area contributed by atoms with Crippen LogP contribution in [-0.4, -0.2) is 6.85 Å². The Morgan fingerprint density at radius 1 is 0.507 bits per heavy atom. The highest BCUT2D eigenvalue weighted by Crippen LogP contribution is 2.56. The van der Waals surface area contributed by atoms with Crippen molar-refractivity contribution in [2.75, 3.05) is 9.71 Å². The summed E-state index contributed by atoms with van der Waals surface area (Å²) < 4.78 is 2.63. The van der Waals surface area contributed by atoms with Gasteiger partial charge in [-0.2, -0.15) is 0 Å². The van der Waals surface area contributed by atoms with Gasteiger partial charge in [0.1, 0.15) is 0 Å². The van der Waals surface area contributed by atoms with Crippen LogP contribution < -0.4 is 20.6 Å². The molecular formula is C65H63BN2S. The second-order valence-electron chi connectivity index (χ2n) is 23.7. The molecule has 3 aliphatic rings. The maximum atomic E-state index is 2.75. The molecule has 0 atom stereocenters. The molecule has 8 aromatic carbocycles. The van der Waals surface area contributed by atoms with Gasteiger partial charge >= 0.3 is 6.85 Å². The first-order valence-corrected chi connectivity index (χ1v) is 26.0. The quantitative estimate of drug-likeness (QED) is 0.162. The number of nitrogens with zero attached hydrogens (tertiary/aromatic N) is 2. The van der Waals surface area contributed by atoms with Crippen LogP contribution in [0.1, 0.15) is 110 Å². The van der Waals surface area contributed by atoms with Crippen LogP contribution in [-0.2, 0) is 21.7 Å². The monoisotopic (exact) mass is 914 g/mol. The molecule has 0 saturated carbocycles. The van der Waals surface area contributed by atoms with Gasteiger partial charge in [0.25, 0.3) is 0 Å². The van der Waals surface area contributed by atoms with E-state index >= 15 is 0 Å². The molecular weight excluding hydrogens is 852 g/mol. The molecule has 12 rings (SSSR count). The SMILES string of the molecule is Cc1ccccc1-c1cc2c3c(c1)N(c1ccc(C(C)(C)C)cc1-c1ccccc1)c1c(ccc4c1sc1ccccc14)B3N(c1ccc(C(C)(C)C)cc1)c1cc3c(cc1-2)C(C)(C)CCC3(C)C. The largest absolute Gasteiger partial charge is 0.376 e. The Morgan fingerprint density at radius 3 is 1.87 bits per heavy atom. The molecule has 0 saturated heterocycles. The van der Waals surface area contributed by atoms with Crippen molar-refractivity contribution in [2.24, 2.45) is 0 Å². The van der Waals surface area contributed by atoms with Gasteiger partial charge in [-0.1, -0.05) is 172 Å². The molecule has 2 nitrogen and oxygen atoms in total. The van der Waals surface area contributed by atoms with Crippen molar-refractivity contribution < 1.29 is 0 Å². The number of anilines is 5. The lowest BCUT2D eigenvalue weighted by atomic mass is 9.43. The minimum Gasteiger partial charge on any atom is -0.376 e. The van der Waals surface area contributed by atoms with E-state index in [2.05, 4.69) is 244 Å². The zero-order valence-corrected chi connectivity index (χ0v) is 43.1. The van der Waals surface area contributed by atoms with Crippen molar-refractivity contribution in [3.63, 3.8) is 0 Å². The topological polar surface area (TPSA) is 6.48 Å². The first-order chi connectivity index (χ1) is 32.9. The Bertz CT molecular complexity index is 3540. The number of rotatable bonds is 4. The molecule has 1 aliphatic carbocycles. The number of fused-ring (bicyclic) bond motifs is 9. The summed E-state index contributed by atoms with van der Waals surface area (Å²) in [5.74, 6) is 0. The van der Waals surface area contributed by atoms with Crippen molar-refractivity contribution in [1.29, 1.82) is 0 Å². The Morgan fingerprint density at radius 2 is 1.16 bits per heavy atom. The average molecular weight is 915 g/mol. The van der Waals surface area contributed by atoms with E-state index in [4.69, 9.17) is 0 Å². The van der Waals surface area contributed by atoms with Gasteiger partial charge in [0.15, 0.2) is 0 Å². The molecule has 0 unspecified atom stereocenters. The third kappa shape index (κ3) is 6.87. The standard InChI is InChI=1S/C65H63BN2S/c1-40-19-15-16-22-46(40)42-35-51-50-38-52-53(65(10,11)34-33-64(52,8)9)39-56(50)68(45-28-25-43(26-29-45)62(2,3)4)66-54-31-30-48-47-23-17-18-24-58(47)69-61(48)60(54)67(57(36-42)59(51)66)55-32-27-44(63(5,6)7)37-49(55)41-20-13-12-14-21-41/h12-32,35-39H,33-34H2,1-11H3. The van der Waals surface area contributed by atoms with Crippen LogP contribution in [0.4, 0.5) is 28.4 Å². The molecule has 0 radical (unpaired) electrons. The Labute approximate surface area is 414 Å². The van der Waals surface area contributed by atoms with Crippen LogP contribution in [0.3, 0.4) is 0 Å². The summed E-state index contributed by atoms with van der Waals surface area (Å²) in [5.41, 5.74) is 23.5. The Balaban J connectivity index is 1.27. The molecule has 0 N–H and O–H groups in total. The van der Waals surface area contributed by atoms with Crippen LogP contribution in [0.25, 0.3) is 53.6 Å². The molecule has 0 bridgehead atoms. The van der Waals surface area contributed by atoms with E-state index in [1.54, 1.807) is 0 Å². The fourth-order valence-electron chi connectivity index (χ4n) is 12.0. The summed E-state index contributed by atoms with van der Waals surface area (Å²) >= 11 is 1.94. The highest BCUT2D eigenvalue weighted by molar-refractivity contribution is 7.26. The van der Waals surface area contributed by atoms with E-state index < -0.39 is 0 Å². The average Bonchev–Trinajstić information content (AvgIpc) is 3.71. The molecule has 342 valence electrons. The van der Waals surface area contributed by atoms with Crippen molar-refractivity contribution in [2.45, 2.75) is 111 Å². The zero-order chi connectivity index (χ0) is 47.9. The molecule has 0 fully saturated rings. The van der Waals surface area contributed by atoms with E-state index in [1.807, 2.05) is 11.3 Å². The number of thiophene rings is 1. The summed E-state index contributed by atoms with van der Waals surface area (Å²) in [6.07, 6.45) is 2.32. The normalized spacial score (nSPS) is 15.8. The Hall–Kier alpha value is -6.36. The van der Waals surface area contributed by atoms with E-state index in [1.165, 1.54) is 121 Å². The van der Waals surface area contributed by atoms with Crippen molar-refractivity contribution in [3.05, 3.63) is 186 Å². The summed E-state index contributed by atoms with van der Waals surface area (Å²) in [7, 11) is 0. The molecule has 4 heteroatoms. The highest BCUT2D eigenvalue weighted by atomic mass is 32.1. The maximum Gasteiger partial charge on any atom is 0.333 e. The first-order valence-electron chi connectivity index (χ1n) is 25.2. The summed E-state index contributed by atoms with van der Waals surface area (Å²) in [6.45, 7) is 26.0. The fourth-order valence-corrected chi connectivity index (χ4v) is 13.3. The summed E-state index contributed by atoms with van der Waals surface area (Å²) in [6, 6.07) is 61.3. The van der Waals surface area contributed by atoms with Gasteiger partial charge in [-0.3, -0.25) is 0 Å². The summed E-state index contributed by atoms with van der Waals surface area (Å²) in [5, 5.41) is 2.62. The molecule has 2 aliphatic heterocycles. The molecule has 69 heavy (non-hydrogen) atoms. The maximum absolute atomic E-state index is 2.75. The van der Waals surface area contributed by atoms with Gasteiger partial charge in [-0.15, -0.1) is 11.3 Å². The number of hydrogen-bond donors (Lipinski definition) is 0.